The Labute approximate surface area is 160 Å². The van der Waals surface area contributed by atoms with Gasteiger partial charge in [0.05, 0.1) is 18.7 Å². The lowest BCUT2D eigenvalue weighted by Crippen LogP contribution is -2.17. The van der Waals surface area contributed by atoms with Gasteiger partial charge in [-0.05, 0) is 18.4 Å². The molecule has 2 aromatic heterocycles. The Morgan fingerprint density at radius 1 is 1.22 bits per heavy atom. The van der Waals surface area contributed by atoms with Crippen molar-refractivity contribution in [1.29, 1.82) is 0 Å². The van der Waals surface area contributed by atoms with E-state index in [0.717, 1.165) is 22.8 Å². The first kappa shape index (κ1) is 18.8. The van der Waals surface area contributed by atoms with Gasteiger partial charge in [0.2, 0.25) is 5.13 Å². The van der Waals surface area contributed by atoms with Crippen molar-refractivity contribution in [2.45, 2.75) is 39.7 Å². The van der Waals surface area contributed by atoms with Crippen molar-refractivity contribution in [3.8, 4) is 0 Å². The summed E-state index contributed by atoms with van der Waals surface area (Å²) in [5.41, 5.74) is 2.10. The predicted molar refractivity (Wildman–Crippen MR) is 102 cm³/mol. The number of ketones is 1. The van der Waals surface area contributed by atoms with Crippen LogP contribution in [0.3, 0.4) is 0 Å². The zero-order chi connectivity index (χ0) is 19.4. The van der Waals surface area contributed by atoms with Crippen molar-refractivity contribution in [3.05, 3.63) is 53.1 Å². The molecule has 0 unspecified atom stereocenters. The minimum Gasteiger partial charge on any atom is -0.300 e. The number of anilines is 1. The number of carbonyl (C=O) groups is 2. The maximum Gasteiger partial charge on any atom is 0.279 e. The number of hydrogen-bond acceptors (Lipinski definition) is 7. The van der Waals surface area contributed by atoms with Gasteiger partial charge in [-0.3, -0.25) is 14.9 Å². The van der Waals surface area contributed by atoms with Crippen molar-refractivity contribution in [2.75, 3.05) is 5.32 Å². The molecule has 1 amide bonds. The highest BCUT2D eigenvalue weighted by Gasteiger charge is 2.23. The number of Topliss-reactive ketones (excluding diaryl/α,β-unsaturated/α-hetero) is 1. The van der Waals surface area contributed by atoms with Crippen molar-refractivity contribution in [1.82, 2.24) is 24.4 Å². The molecule has 0 saturated carbocycles. The smallest absolute Gasteiger partial charge is 0.279 e. The summed E-state index contributed by atoms with van der Waals surface area (Å²) < 4.78 is 5.82. The van der Waals surface area contributed by atoms with Gasteiger partial charge in [0.15, 0.2) is 11.5 Å². The van der Waals surface area contributed by atoms with Crippen molar-refractivity contribution in [3.63, 3.8) is 0 Å². The van der Waals surface area contributed by atoms with Gasteiger partial charge in [-0.1, -0.05) is 49.4 Å². The van der Waals surface area contributed by atoms with Crippen LogP contribution in [0.15, 0.2) is 30.3 Å². The number of amides is 1. The van der Waals surface area contributed by atoms with Crippen LogP contribution in [0.5, 0.6) is 0 Å². The predicted octanol–water partition coefficient (Wildman–Crippen LogP) is 2.69. The van der Waals surface area contributed by atoms with Crippen LogP contribution < -0.4 is 5.32 Å². The van der Waals surface area contributed by atoms with E-state index in [1.54, 1.807) is 4.68 Å². The van der Waals surface area contributed by atoms with E-state index >= 15 is 0 Å². The van der Waals surface area contributed by atoms with E-state index in [9.17, 15) is 9.59 Å². The van der Waals surface area contributed by atoms with E-state index in [0.29, 0.717) is 17.5 Å². The summed E-state index contributed by atoms with van der Waals surface area (Å²) in [6.07, 6.45) is 0.150. The number of nitrogens with zero attached hydrogens (tertiary/aromatic N) is 5. The van der Waals surface area contributed by atoms with Gasteiger partial charge >= 0.3 is 0 Å². The third-order valence-corrected chi connectivity index (χ3v) is 4.47. The van der Waals surface area contributed by atoms with Crippen LogP contribution in [0.1, 0.15) is 54.3 Å². The molecular weight excluding hydrogens is 364 g/mol. The summed E-state index contributed by atoms with van der Waals surface area (Å²) in [6, 6.07) is 9.88. The molecular formula is C18H20N6O2S. The molecule has 0 bridgehead atoms. The standard InChI is InChI=1S/C18H20N6O2S/c1-11(2)16-15(21-23-24(16)10-13-7-5-4-6-8-13)17(26)20-18-19-14(22-27-18)9-12(3)25/h4-8,11H,9-10H2,1-3H3,(H,19,20,22,26). The van der Waals surface area contributed by atoms with E-state index in [2.05, 4.69) is 25.0 Å². The fourth-order valence-electron chi connectivity index (χ4n) is 2.68. The highest BCUT2D eigenvalue weighted by molar-refractivity contribution is 7.09. The molecule has 0 aliphatic heterocycles. The molecule has 0 aliphatic carbocycles. The molecule has 1 N–H and O–H groups in total. The third kappa shape index (κ3) is 4.62. The number of rotatable bonds is 7. The van der Waals surface area contributed by atoms with Crippen LogP contribution in [-0.2, 0) is 17.8 Å². The first-order chi connectivity index (χ1) is 12.9. The van der Waals surface area contributed by atoms with Gasteiger partial charge in [-0.15, -0.1) is 5.10 Å². The lowest BCUT2D eigenvalue weighted by molar-refractivity contribution is -0.116. The Bertz CT molecular complexity index is 948. The van der Waals surface area contributed by atoms with Gasteiger partial charge in [0, 0.05) is 11.5 Å². The fourth-order valence-corrected chi connectivity index (χ4v) is 3.26. The molecule has 1 aromatic carbocycles. The molecule has 27 heavy (non-hydrogen) atoms. The average Bonchev–Trinajstić information content (AvgIpc) is 3.22. The number of benzene rings is 1. The van der Waals surface area contributed by atoms with Gasteiger partial charge in [-0.2, -0.15) is 4.37 Å². The van der Waals surface area contributed by atoms with Crippen molar-refractivity contribution < 1.29 is 9.59 Å². The summed E-state index contributed by atoms with van der Waals surface area (Å²) >= 11 is 1.04. The van der Waals surface area contributed by atoms with E-state index in [1.165, 1.54) is 6.92 Å². The van der Waals surface area contributed by atoms with E-state index < -0.39 is 0 Å². The van der Waals surface area contributed by atoms with Crippen LogP contribution in [0, 0.1) is 0 Å². The molecule has 8 nitrogen and oxygen atoms in total. The van der Waals surface area contributed by atoms with Gasteiger partial charge in [-0.25, -0.2) is 9.67 Å². The Morgan fingerprint density at radius 2 is 1.96 bits per heavy atom. The van der Waals surface area contributed by atoms with Gasteiger partial charge in [0.1, 0.15) is 5.78 Å². The lowest BCUT2D eigenvalue weighted by atomic mass is 10.1. The minimum absolute atomic E-state index is 0.0309. The highest BCUT2D eigenvalue weighted by Crippen LogP contribution is 2.21. The Kier molecular flexibility index (Phi) is 5.70. The number of carbonyl (C=O) groups excluding carboxylic acids is 2. The number of aromatic nitrogens is 5. The van der Waals surface area contributed by atoms with E-state index in [4.69, 9.17) is 0 Å². The Morgan fingerprint density at radius 3 is 2.63 bits per heavy atom. The van der Waals surface area contributed by atoms with Gasteiger partial charge < -0.3 is 0 Å². The number of hydrogen-bond donors (Lipinski definition) is 1. The number of nitrogens with one attached hydrogen (secondary N) is 1. The zero-order valence-electron chi connectivity index (χ0n) is 15.3. The first-order valence-corrected chi connectivity index (χ1v) is 9.32. The summed E-state index contributed by atoms with van der Waals surface area (Å²) in [5.74, 6) is 0.0481. The van der Waals surface area contributed by atoms with Gasteiger partial charge in [0.25, 0.3) is 5.91 Å². The van der Waals surface area contributed by atoms with Crippen LogP contribution in [0.25, 0.3) is 0 Å². The lowest BCUT2D eigenvalue weighted by Gasteiger charge is -2.10. The third-order valence-electron chi connectivity index (χ3n) is 3.81. The SMILES string of the molecule is CC(=O)Cc1nsc(NC(=O)c2nnn(Cc3ccccc3)c2C(C)C)n1. The normalized spacial score (nSPS) is 11.0. The van der Waals surface area contributed by atoms with Crippen molar-refractivity contribution in [2.24, 2.45) is 0 Å². The first-order valence-electron chi connectivity index (χ1n) is 8.54. The molecule has 2 heterocycles. The molecule has 0 atom stereocenters. The molecule has 3 aromatic rings. The van der Waals surface area contributed by atoms with E-state index in [-0.39, 0.29) is 29.7 Å². The summed E-state index contributed by atoms with van der Waals surface area (Å²) in [4.78, 5) is 28.0. The quantitative estimate of drug-likeness (QED) is 0.672. The molecule has 0 fully saturated rings. The van der Waals surface area contributed by atoms with Crippen LogP contribution in [0.4, 0.5) is 5.13 Å². The van der Waals surface area contributed by atoms with Crippen LogP contribution in [0.2, 0.25) is 0 Å². The fraction of sp³-hybridized carbons (Fsp3) is 0.333. The monoisotopic (exact) mass is 384 g/mol. The summed E-state index contributed by atoms with van der Waals surface area (Å²) in [7, 11) is 0. The summed E-state index contributed by atoms with van der Waals surface area (Å²) in [6.45, 7) is 6.00. The molecule has 0 radical (unpaired) electrons. The highest BCUT2D eigenvalue weighted by atomic mass is 32.1. The van der Waals surface area contributed by atoms with E-state index in [1.807, 2.05) is 44.2 Å². The second kappa shape index (κ2) is 8.17. The minimum atomic E-state index is -0.386. The van der Waals surface area contributed by atoms with Crippen molar-refractivity contribution >= 4 is 28.4 Å². The summed E-state index contributed by atoms with van der Waals surface area (Å²) in [5, 5.41) is 11.3. The van der Waals surface area contributed by atoms with Crippen LogP contribution in [-0.4, -0.2) is 36.0 Å². The molecule has 9 heteroatoms. The zero-order valence-corrected chi connectivity index (χ0v) is 16.2. The van der Waals surface area contributed by atoms with Crippen LogP contribution >= 0.6 is 11.5 Å². The topological polar surface area (TPSA) is 103 Å². The second-order valence-electron chi connectivity index (χ2n) is 6.47. The average molecular weight is 384 g/mol. The molecule has 3 rings (SSSR count). The Balaban J connectivity index is 1.80. The maximum atomic E-state index is 12.7. The maximum absolute atomic E-state index is 12.7. The largest absolute Gasteiger partial charge is 0.300 e. The second-order valence-corrected chi connectivity index (χ2v) is 7.22. The molecule has 140 valence electrons. The molecule has 0 aliphatic rings. The molecule has 0 spiro atoms. The molecule has 0 saturated heterocycles. The Hall–Kier alpha value is -2.94.